The van der Waals surface area contributed by atoms with Crippen LogP contribution in [0.2, 0.25) is 0 Å². The minimum absolute atomic E-state index is 0.597. The number of ether oxygens (including phenoxy) is 1. The Morgan fingerprint density at radius 3 is 2.27 bits per heavy atom. The van der Waals surface area contributed by atoms with Crippen molar-refractivity contribution in [3.63, 3.8) is 0 Å². The maximum Gasteiger partial charge on any atom is 0.0545 e. The molecule has 2 aliphatic heterocycles. The van der Waals surface area contributed by atoms with Crippen molar-refractivity contribution in [2.45, 2.75) is 19.8 Å². The average molecular weight is 154 g/mol. The van der Waals surface area contributed by atoms with E-state index >= 15 is 0 Å². The van der Waals surface area contributed by atoms with Crippen molar-refractivity contribution in [3.05, 3.63) is 6.54 Å². The van der Waals surface area contributed by atoms with Gasteiger partial charge in [0.1, 0.15) is 0 Å². The predicted molar refractivity (Wildman–Crippen MR) is 44.0 cm³/mol. The third kappa shape index (κ3) is 1.30. The Kier molecular flexibility index (Phi) is 1.90. The van der Waals surface area contributed by atoms with Crippen LogP contribution in [0, 0.1) is 12.0 Å². The van der Waals surface area contributed by atoms with Gasteiger partial charge in [-0.1, -0.05) is 0 Å². The molecule has 2 aliphatic rings. The average Bonchev–Trinajstić information content (AvgIpc) is 2.02. The molecule has 2 rings (SSSR count). The van der Waals surface area contributed by atoms with Gasteiger partial charge in [0.2, 0.25) is 0 Å². The molecule has 0 bridgehead atoms. The van der Waals surface area contributed by atoms with Crippen molar-refractivity contribution in [3.8, 4) is 0 Å². The molecule has 0 amide bonds. The van der Waals surface area contributed by atoms with Crippen LogP contribution >= 0.6 is 0 Å². The highest BCUT2D eigenvalue weighted by atomic mass is 16.5. The Bertz CT molecular complexity index is 132. The van der Waals surface area contributed by atoms with Gasteiger partial charge in [0.15, 0.2) is 0 Å². The molecule has 0 unspecified atom stereocenters. The van der Waals surface area contributed by atoms with Gasteiger partial charge in [-0.05, 0) is 32.9 Å². The fourth-order valence-electron chi connectivity index (χ4n) is 1.94. The van der Waals surface area contributed by atoms with Gasteiger partial charge in [-0.2, -0.15) is 0 Å². The summed E-state index contributed by atoms with van der Waals surface area (Å²) < 4.78 is 5.26. The van der Waals surface area contributed by atoms with Gasteiger partial charge in [0.25, 0.3) is 0 Å². The van der Waals surface area contributed by atoms with Crippen LogP contribution in [0.4, 0.5) is 0 Å². The third-order valence-electron chi connectivity index (χ3n) is 3.04. The van der Waals surface area contributed by atoms with Crippen molar-refractivity contribution in [2.75, 3.05) is 26.3 Å². The lowest BCUT2D eigenvalue weighted by molar-refractivity contribution is -0.137. The first-order valence-electron chi connectivity index (χ1n) is 4.46. The molecule has 0 N–H and O–H groups in total. The van der Waals surface area contributed by atoms with E-state index in [4.69, 9.17) is 4.74 Å². The highest BCUT2D eigenvalue weighted by Crippen LogP contribution is 2.38. The van der Waals surface area contributed by atoms with Gasteiger partial charge in [0, 0.05) is 12.0 Å². The van der Waals surface area contributed by atoms with Crippen LogP contribution in [0.1, 0.15) is 19.8 Å². The molecule has 0 aliphatic carbocycles. The zero-order chi connectivity index (χ0) is 7.73. The second kappa shape index (κ2) is 2.76. The van der Waals surface area contributed by atoms with Crippen molar-refractivity contribution in [1.82, 2.24) is 4.90 Å². The lowest BCUT2D eigenvalue weighted by Gasteiger charge is -2.47. The van der Waals surface area contributed by atoms with Gasteiger partial charge >= 0.3 is 0 Å². The predicted octanol–water partition coefficient (Wildman–Crippen LogP) is 1.28. The number of hydrogen-bond donors (Lipinski definition) is 0. The van der Waals surface area contributed by atoms with Gasteiger partial charge in [0.05, 0.1) is 13.2 Å². The SMILES string of the molecule is C[CH]N1CCC2(CC1)COC2. The molecule has 0 aromatic rings. The Hall–Kier alpha value is -0.0800. The summed E-state index contributed by atoms with van der Waals surface area (Å²) in [6.45, 7) is 8.83. The summed E-state index contributed by atoms with van der Waals surface area (Å²) in [7, 11) is 0. The second-order valence-corrected chi connectivity index (χ2v) is 3.79. The Morgan fingerprint density at radius 1 is 1.27 bits per heavy atom. The summed E-state index contributed by atoms with van der Waals surface area (Å²) in [5.41, 5.74) is 0.597. The summed E-state index contributed by atoms with van der Waals surface area (Å²) in [4.78, 5) is 2.41. The zero-order valence-electron chi connectivity index (χ0n) is 7.18. The lowest BCUT2D eigenvalue weighted by Crippen LogP contribution is -2.50. The van der Waals surface area contributed by atoms with Crippen molar-refractivity contribution in [2.24, 2.45) is 5.41 Å². The summed E-state index contributed by atoms with van der Waals surface area (Å²) in [6, 6.07) is 0. The van der Waals surface area contributed by atoms with Crippen LogP contribution < -0.4 is 0 Å². The first kappa shape index (κ1) is 7.56. The van der Waals surface area contributed by atoms with Gasteiger partial charge in [-0.3, -0.25) is 4.90 Å². The minimum Gasteiger partial charge on any atom is -0.380 e. The van der Waals surface area contributed by atoms with E-state index in [9.17, 15) is 0 Å². The van der Waals surface area contributed by atoms with Crippen molar-refractivity contribution in [1.29, 1.82) is 0 Å². The zero-order valence-corrected chi connectivity index (χ0v) is 7.18. The standard InChI is InChI=1S/C9H16NO/c1-2-10-5-3-9(4-6-10)7-11-8-9/h2H,3-8H2,1H3. The number of likely N-dealkylation sites (tertiary alicyclic amines) is 1. The Morgan fingerprint density at radius 2 is 1.91 bits per heavy atom. The molecule has 1 radical (unpaired) electrons. The van der Waals surface area contributed by atoms with Gasteiger partial charge in [-0.15, -0.1) is 0 Å². The Balaban J connectivity index is 1.84. The summed E-state index contributed by atoms with van der Waals surface area (Å²) >= 11 is 0. The van der Waals surface area contributed by atoms with E-state index in [0.717, 1.165) is 13.2 Å². The lowest BCUT2D eigenvalue weighted by atomic mass is 9.77. The molecule has 2 nitrogen and oxygen atoms in total. The second-order valence-electron chi connectivity index (χ2n) is 3.79. The van der Waals surface area contributed by atoms with E-state index in [1.54, 1.807) is 0 Å². The van der Waals surface area contributed by atoms with Crippen LogP contribution in [0.5, 0.6) is 0 Å². The molecule has 0 atom stereocenters. The number of piperidine rings is 1. The highest BCUT2D eigenvalue weighted by Gasteiger charge is 2.40. The van der Waals surface area contributed by atoms with Gasteiger partial charge in [-0.25, -0.2) is 0 Å². The van der Waals surface area contributed by atoms with Crippen LogP contribution in [0.3, 0.4) is 0 Å². The summed E-state index contributed by atoms with van der Waals surface area (Å²) in [5, 5.41) is 0. The third-order valence-corrected chi connectivity index (χ3v) is 3.04. The molecule has 2 fully saturated rings. The first-order chi connectivity index (χ1) is 5.35. The van der Waals surface area contributed by atoms with E-state index in [1.807, 2.05) is 0 Å². The molecule has 2 heterocycles. The normalized spacial score (nSPS) is 30.3. The Labute approximate surface area is 68.5 Å². The monoisotopic (exact) mass is 154 g/mol. The van der Waals surface area contributed by atoms with Crippen molar-refractivity contribution < 1.29 is 4.74 Å². The summed E-state index contributed by atoms with van der Waals surface area (Å²) in [6.07, 6.45) is 2.66. The van der Waals surface area contributed by atoms with Crippen molar-refractivity contribution >= 4 is 0 Å². The molecule has 1 spiro atoms. The fraction of sp³-hybridized carbons (Fsp3) is 0.889. The maximum atomic E-state index is 5.26. The van der Waals surface area contributed by atoms with E-state index in [0.29, 0.717) is 5.41 Å². The van der Waals surface area contributed by atoms with Crippen LogP contribution in [0.15, 0.2) is 0 Å². The minimum atomic E-state index is 0.597. The highest BCUT2D eigenvalue weighted by molar-refractivity contribution is 4.91. The molecular weight excluding hydrogens is 138 g/mol. The van der Waals surface area contributed by atoms with E-state index in [1.165, 1.54) is 25.9 Å². The first-order valence-corrected chi connectivity index (χ1v) is 4.46. The van der Waals surface area contributed by atoms with E-state index in [-0.39, 0.29) is 0 Å². The number of hydrogen-bond acceptors (Lipinski definition) is 2. The van der Waals surface area contributed by atoms with E-state index < -0.39 is 0 Å². The number of nitrogens with zero attached hydrogens (tertiary/aromatic N) is 1. The molecule has 0 aromatic heterocycles. The fourth-order valence-corrected chi connectivity index (χ4v) is 1.94. The number of rotatable bonds is 1. The summed E-state index contributed by atoms with van der Waals surface area (Å²) in [5.74, 6) is 0. The molecule has 11 heavy (non-hydrogen) atoms. The van der Waals surface area contributed by atoms with Gasteiger partial charge < -0.3 is 4.74 Å². The van der Waals surface area contributed by atoms with Crippen LogP contribution in [-0.4, -0.2) is 31.2 Å². The smallest absolute Gasteiger partial charge is 0.0545 e. The molecule has 2 saturated heterocycles. The maximum absolute atomic E-state index is 5.26. The van der Waals surface area contributed by atoms with Crippen LogP contribution in [0.25, 0.3) is 0 Å². The molecule has 0 saturated carbocycles. The molecule has 2 heteroatoms. The molecular formula is C9H16NO. The quantitative estimate of drug-likeness (QED) is 0.564. The van der Waals surface area contributed by atoms with Crippen LogP contribution in [-0.2, 0) is 4.74 Å². The van der Waals surface area contributed by atoms with E-state index in [2.05, 4.69) is 18.4 Å². The molecule has 0 aromatic carbocycles. The largest absolute Gasteiger partial charge is 0.380 e. The topological polar surface area (TPSA) is 12.5 Å². The molecule has 63 valence electrons.